The summed E-state index contributed by atoms with van der Waals surface area (Å²) in [5.74, 6) is 0. The first-order valence-electron chi connectivity index (χ1n) is 19.7. The quantitative estimate of drug-likeness (QED) is 0.154. The van der Waals surface area contributed by atoms with Gasteiger partial charge in [-0.25, -0.2) is 0 Å². The molecule has 11 rings (SSSR count). The molecule has 57 heavy (non-hydrogen) atoms. The SMILES string of the molecule is c1ccc(-c2ccc(-c3ccccc3)c(N(c3ccc(-c4ccc5c(ccc6c7ccccc7ccc56)c4)cc3)c3cc4ccccc4c4ccccc34)c2)cc1. The van der Waals surface area contributed by atoms with Gasteiger partial charge in [-0.2, -0.15) is 0 Å². The second-order valence-corrected chi connectivity index (χ2v) is 14.9. The molecule has 11 aromatic rings. The van der Waals surface area contributed by atoms with E-state index in [-0.39, 0.29) is 0 Å². The van der Waals surface area contributed by atoms with Crippen molar-refractivity contribution in [3.05, 3.63) is 224 Å². The zero-order valence-electron chi connectivity index (χ0n) is 31.3. The van der Waals surface area contributed by atoms with E-state index in [4.69, 9.17) is 0 Å². The molecule has 0 saturated heterocycles. The largest absolute Gasteiger partial charge is 0.309 e. The molecular formula is C56H37N. The number of benzene rings is 11. The van der Waals surface area contributed by atoms with Crippen LogP contribution in [0.1, 0.15) is 0 Å². The summed E-state index contributed by atoms with van der Waals surface area (Å²) in [6.07, 6.45) is 0. The Morgan fingerprint density at radius 1 is 0.228 bits per heavy atom. The third-order valence-electron chi connectivity index (χ3n) is 11.6. The molecule has 0 atom stereocenters. The van der Waals surface area contributed by atoms with Crippen molar-refractivity contribution < 1.29 is 0 Å². The van der Waals surface area contributed by atoms with Crippen molar-refractivity contribution >= 4 is 70.9 Å². The Bertz CT molecular complexity index is 3270. The molecule has 1 heteroatoms. The molecule has 1 nitrogen and oxygen atoms in total. The lowest BCUT2D eigenvalue weighted by Crippen LogP contribution is -2.12. The highest BCUT2D eigenvalue weighted by Gasteiger charge is 2.22. The average Bonchev–Trinajstić information content (AvgIpc) is 3.29. The van der Waals surface area contributed by atoms with Gasteiger partial charge in [0.1, 0.15) is 0 Å². The standard InChI is InChI=1S/C56H37N/c1-3-13-38(14-4-1)43-27-32-50(40-15-5-2-6-16-40)55(36-43)57(56-37-44-18-8-10-20-48(44)51-21-11-12-22-54(51)56)46-29-23-39(24-30-46)42-26-31-49-45(35-42)28-34-52-47-19-9-7-17-41(47)25-33-53(49)52/h1-37H. The zero-order valence-corrected chi connectivity index (χ0v) is 31.3. The topological polar surface area (TPSA) is 3.24 Å². The molecule has 0 aromatic heterocycles. The highest BCUT2D eigenvalue weighted by molar-refractivity contribution is 6.18. The van der Waals surface area contributed by atoms with Crippen LogP contribution >= 0.6 is 0 Å². The molecule has 0 heterocycles. The van der Waals surface area contributed by atoms with Gasteiger partial charge in [0.15, 0.2) is 0 Å². The molecule has 0 N–H and O–H groups in total. The highest BCUT2D eigenvalue weighted by Crippen LogP contribution is 2.47. The van der Waals surface area contributed by atoms with Crippen LogP contribution in [0.15, 0.2) is 224 Å². The molecule has 0 amide bonds. The van der Waals surface area contributed by atoms with E-state index in [0.29, 0.717) is 0 Å². The molecular weight excluding hydrogens is 687 g/mol. The van der Waals surface area contributed by atoms with Crippen LogP contribution in [-0.4, -0.2) is 0 Å². The minimum Gasteiger partial charge on any atom is -0.309 e. The fourth-order valence-corrected chi connectivity index (χ4v) is 8.83. The number of fused-ring (bicyclic) bond motifs is 8. The van der Waals surface area contributed by atoms with Crippen molar-refractivity contribution in [2.24, 2.45) is 0 Å². The number of rotatable bonds is 6. The first-order chi connectivity index (χ1) is 28.3. The summed E-state index contributed by atoms with van der Waals surface area (Å²) >= 11 is 0. The third-order valence-corrected chi connectivity index (χ3v) is 11.6. The lowest BCUT2D eigenvalue weighted by atomic mass is 9.94. The second-order valence-electron chi connectivity index (χ2n) is 14.9. The predicted octanol–water partition coefficient (Wildman–Crippen LogP) is 15.9. The Labute approximate surface area is 332 Å². The monoisotopic (exact) mass is 723 g/mol. The van der Waals surface area contributed by atoms with E-state index in [0.717, 1.165) is 17.1 Å². The first-order valence-corrected chi connectivity index (χ1v) is 19.7. The average molecular weight is 724 g/mol. The number of anilines is 3. The fraction of sp³-hybridized carbons (Fsp3) is 0. The molecule has 0 saturated carbocycles. The van der Waals surface area contributed by atoms with Crippen LogP contribution in [0.5, 0.6) is 0 Å². The Morgan fingerprint density at radius 3 is 1.42 bits per heavy atom. The van der Waals surface area contributed by atoms with Gasteiger partial charge in [-0.1, -0.05) is 194 Å². The minimum atomic E-state index is 1.10. The van der Waals surface area contributed by atoms with Crippen molar-refractivity contribution in [3.8, 4) is 33.4 Å². The van der Waals surface area contributed by atoms with E-state index >= 15 is 0 Å². The van der Waals surface area contributed by atoms with Crippen molar-refractivity contribution in [3.63, 3.8) is 0 Å². The summed E-state index contributed by atoms with van der Waals surface area (Å²) in [5, 5.41) is 12.6. The van der Waals surface area contributed by atoms with Crippen molar-refractivity contribution in [1.29, 1.82) is 0 Å². The normalized spacial score (nSPS) is 11.5. The number of hydrogen-bond donors (Lipinski definition) is 0. The van der Waals surface area contributed by atoms with E-state index in [9.17, 15) is 0 Å². The van der Waals surface area contributed by atoms with Crippen molar-refractivity contribution in [2.75, 3.05) is 4.90 Å². The summed E-state index contributed by atoms with van der Waals surface area (Å²) in [5.41, 5.74) is 10.5. The molecule has 0 aliphatic rings. The molecule has 0 fully saturated rings. The second kappa shape index (κ2) is 13.7. The molecule has 0 aliphatic heterocycles. The number of nitrogens with zero attached hydrogens (tertiary/aromatic N) is 1. The summed E-state index contributed by atoms with van der Waals surface area (Å²) in [6, 6.07) is 82.1. The first kappa shape index (κ1) is 32.9. The van der Waals surface area contributed by atoms with Gasteiger partial charge in [-0.3, -0.25) is 0 Å². The van der Waals surface area contributed by atoms with Gasteiger partial charge in [0, 0.05) is 16.6 Å². The van der Waals surface area contributed by atoms with Gasteiger partial charge >= 0.3 is 0 Å². The van der Waals surface area contributed by atoms with Crippen molar-refractivity contribution in [2.45, 2.75) is 0 Å². The summed E-state index contributed by atoms with van der Waals surface area (Å²) in [7, 11) is 0. The maximum absolute atomic E-state index is 2.48. The van der Waals surface area contributed by atoms with E-state index in [1.54, 1.807) is 0 Å². The Balaban J connectivity index is 1.10. The Morgan fingerprint density at radius 2 is 0.684 bits per heavy atom. The predicted molar refractivity (Wildman–Crippen MR) is 245 cm³/mol. The maximum Gasteiger partial charge on any atom is 0.0546 e. The van der Waals surface area contributed by atoms with Crippen LogP contribution in [-0.2, 0) is 0 Å². The fourth-order valence-electron chi connectivity index (χ4n) is 8.83. The van der Waals surface area contributed by atoms with E-state index in [1.165, 1.54) is 87.2 Å². The molecule has 0 unspecified atom stereocenters. The molecule has 266 valence electrons. The Kier molecular flexibility index (Phi) is 7.89. The zero-order chi connectivity index (χ0) is 37.7. The van der Waals surface area contributed by atoms with Gasteiger partial charge in [0.2, 0.25) is 0 Å². The van der Waals surface area contributed by atoms with E-state index in [1.807, 2.05) is 0 Å². The smallest absolute Gasteiger partial charge is 0.0546 e. The van der Waals surface area contributed by atoms with Gasteiger partial charge in [-0.05, 0) is 107 Å². The maximum atomic E-state index is 2.48. The molecule has 0 bridgehead atoms. The molecule has 11 aromatic carbocycles. The van der Waals surface area contributed by atoms with E-state index in [2.05, 4.69) is 229 Å². The van der Waals surface area contributed by atoms with Gasteiger partial charge in [-0.15, -0.1) is 0 Å². The molecule has 0 aliphatic carbocycles. The summed E-state index contributed by atoms with van der Waals surface area (Å²) in [6.45, 7) is 0. The van der Waals surface area contributed by atoms with Crippen LogP contribution in [0.2, 0.25) is 0 Å². The Hall–Kier alpha value is -7.48. The summed E-state index contributed by atoms with van der Waals surface area (Å²) < 4.78 is 0. The van der Waals surface area contributed by atoms with Gasteiger partial charge in [0.05, 0.1) is 11.4 Å². The van der Waals surface area contributed by atoms with Crippen LogP contribution in [0.4, 0.5) is 17.1 Å². The van der Waals surface area contributed by atoms with Gasteiger partial charge in [0.25, 0.3) is 0 Å². The molecule has 0 radical (unpaired) electrons. The van der Waals surface area contributed by atoms with E-state index < -0.39 is 0 Å². The van der Waals surface area contributed by atoms with Crippen molar-refractivity contribution in [1.82, 2.24) is 0 Å². The lowest BCUT2D eigenvalue weighted by molar-refractivity contribution is 1.30. The molecule has 0 spiro atoms. The minimum absolute atomic E-state index is 1.10. The van der Waals surface area contributed by atoms with Crippen LogP contribution in [0, 0.1) is 0 Å². The highest BCUT2D eigenvalue weighted by atomic mass is 15.1. The van der Waals surface area contributed by atoms with Gasteiger partial charge < -0.3 is 4.90 Å². The third kappa shape index (κ3) is 5.72. The van der Waals surface area contributed by atoms with Crippen LogP contribution in [0.25, 0.3) is 87.2 Å². The summed E-state index contributed by atoms with van der Waals surface area (Å²) in [4.78, 5) is 2.48. The van der Waals surface area contributed by atoms with Crippen LogP contribution < -0.4 is 4.90 Å². The lowest BCUT2D eigenvalue weighted by Gasteiger charge is -2.30. The number of hydrogen-bond acceptors (Lipinski definition) is 1. The van der Waals surface area contributed by atoms with Crippen LogP contribution in [0.3, 0.4) is 0 Å².